The van der Waals surface area contributed by atoms with E-state index in [0.717, 1.165) is 17.7 Å². The van der Waals surface area contributed by atoms with Crippen LogP contribution in [0.25, 0.3) is 0 Å². The second-order valence-electron chi connectivity index (χ2n) is 6.47. The first-order chi connectivity index (χ1) is 12.3. The van der Waals surface area contributed by atoms with E-state index < -0.39 is 31.0 Å². The number of benzene rings is 1. The first kappa shape index (κ1) is 19.0. The van der Waals surface area contributed by atoms with Crippen LogP contribution in [-0.4, -0.2) is 44.6 Å². The van der Waals surface area contributed by atoms with Crippen LogP contribution in [0.1, 0.15) is 18.2 Å². The molecule has 3 rings (SSSR count). The minimum Gasteiger partial charge on any atom is -0.306 e. The van der Waals surface area contributed by atoms with E-state index in [4.69, 9.17) is 0 Å². The molecule has 0 spiro atoms. The van der Waals surface area contributed by atoms with Crippen molar-refractivity contribution < 1.29 is 16.8 Å². The number of nitrogens with zero attached hydrogens (tertiary/aromatic N) is 1. The number of nitrogens with one attached hydrogen (secondary N) is 1. The summed E-state index contributed by atoms with van der Waals surface area (Å²) in [4.78, 5) is 4.35. The number of hydrogen-bond acceptors (Lipinski definition) is 6. The SMILES string of the molecule is CCc1ccc(S(=O)(=O)[C@H]2CS(=O)(=O)C[C@H]2NCc2ccccn2)cc1. The van der Waals surface area contributed by atoms with Crippen LogP contribution in [0, 0.1) is 0 Å². The van der Waals surface area contributed by atoms with Crippen LogP contribution in [0.3, 0.4) is 0 Å². The van der Waals surface area contributed by atoms with Gasteiger partial charge in [0.2, 0.25) is 0 Å². The van der Waals surface area contributed by atoms with Gasteiger partial charge in [0.05, 0.1) is 27.3 Å². The Morgan fingerprint density at radius 1 is 1.12 bits per heavy atom. The zero-order valence-electron chi connectivity index (χ0n) is 14.5. The lowest BCUT2D eigenvalue weighted by Crippen LogP contribution is -2.43. The molecule has 2 aromatic rings. The van der Waals surface area contributed by atoms with E-state index in [2.05, 4.69) is 10.3 Å². The van der Waals surface area contributed by atoms with E-state index >= 15 is 0 Å². The number of aromatic nitrogens is 1. The quantitative estimate of drug-likeness (QED) is 0.795. The molecular formula is C18H22N2O4S2. The fourth-order valence-corrected chi connectivity index (χ4v) is 7.86. The zero-order chi connectivity index (χ0) is 18.8. The van der Waals surface area contributed by atoms with Gasteiger partial charge in [-0.3, -0.25) is 4.98 Å². The largest absolute Gasteiger partial charge is 0.306 e. The molecule has 8 heteroatoms. The third kappa shape index (κ3) is 4.13. The van der Waals surface area contributed by atoms with Crippen molar-refractivity contribution in [3.05, 3.63) is 59.9 Å². The molecule has 0 saturated carbocycles. The average Bonchev–Trinajstić information content (AvgIpc) is 2.96. The third-order valence-corrected chi connectivity index (χ3v) is 8.80. The van der Waals surface area contributed by atoms with Crippen molar-refractivity contribution >= 4 is 19.7 Å². The number of pyridine rings is 1. The fourth-order valence-electron chi connectivity index (χ4n) is 3.14. The number of aryl methyl sites for hydroxylation is 1. The predicted octanol–water partition coefficient (Wildman–Crippen LogP) is 1.37. The highest BCUT2D eigenvalue weighted by molar-refractivity contribution is 7.96. The molecule has 1 aliphatic heterocycles. The van der Waals surface area contributed by atoms with Gasteiger partial charge >= 0.3 is 0 Å². The smallest absolute Gasteiger partial charge is 0.183 e. The van der Waals surface area contributed by atoms with Crippen molar-refractivity contribution in [2.24, 2.45) is 0 Å². The molecule has 1 N–H and O–H groups in total. The molecule has 1 saturated heterocycles. The lowest BCUT2D eigenvalue weighted by atomic mass is 10.2. The summed E-state index contributed by atoms with van der Waals surface area (Å²) in [6.45, 7) is 2.31. The van der Waals surface area contributed by atoms with Gasteiger partial charge in [-0.25, -0.2) is 16.8 Å². The molecule has 140 valence electrons. The first-order valence-electron chi connectivity index (χ1n) is 8.48. The van der Waals surface area contributed by atoms with Crippen molar-refractivity contribution in [1.82, 2.24) is 10.3 Å². The molecule has 0 amide bonds. The molecule has 1 aliphatic rings. The fraction of sp³-hybridized carbons (Fsp3) is 0.389. The molecule has 6 nitrogen and oxygen atoms in total. The highest BCUT2D eigenvalue weighted by Gasteiger charge is 2.45. The van der Waals surface area contributed by atoms with Gasteiger partial charge in [0.25, 0.3) is 0 Å². The average molecular weight is 395 g/mol. The normalized spacial score (nSPS) is 22.3. The van der Waals surface area contributed by atoms with Crippen LogP contribution in [0.2, 0.25) is 0 Å². The summed E-state index contributed by atoms with van der Waals surface area (Å²) in [5, 5.41) is 2.08. The van der Waals surface area contributed by atoms with Crippen molar-refractivity contribution in [1.29, 1.82) is 0 Å². The van der Waals surface area contributed by atoms with Gasteiger partial charge in [0, 0.05) is 18.8 Å². The summed E-state index contributed by atoms with van der Waals surface area (Å²) in [6.07, 6.45) is 2.46. The van der Waals surface area contributed by atoms with E-state index in [1.807, 2.05) is 19.1 Å². The molecule has 0 bridgehead atoms. The molecule has 2 heterocycles. The Morgan fingerprint density at radius 2 is 1.85 bits per heavy atom. The minimum absolute atomic E-state index is 0.168. The van der Waals surface area contributed by atoms with Crippen LogP contribution in [-0.2, 0) is 32.6 Å². The van der Waals surface area contributed by atoms with Crippen LogP contribution in [0.5, 0.6) is 0 Å². The Morgan fingerprint density at radius 3 is 2.46 bits per heavy atom. The first-order valence-corrected chi connectivity index (χ1v) is 11.8. The molecule has 2 atom stereocenters. The van der Waals surface area contributed by atoms with Crippen LogP contribution in [0.4, 0.5) is 0 Å². The standard InChI is InChI=1S/C18H22N2O4S2/c1-2-14-6-8-16(9-7-14)26(23,24)18-13-25(21,22)12-17(18)20-11-15-5-3-4-10-19-15/h3-10,17-18,20H,2,11-13H2,1H3/t17-,18+/m1/s1. The highest BCUT2D eigenvalue weighted by Crippen LogP contribution is 2.26. The predicted molar refractivity (Wildman–Crippen MR) is 100 cm³/mol. The van der Waals surface area contributed by atoms with E-state index in [9.17, 15) is 16.8 Å². The van der Waals surface area contributed by atoms with Crippen molar-refractivity contribution in [3.63, 3.8) is 0 Å². The highest BCUT2D eigenvalue weighted by atomic mass is 32.2. The summed E-state index contributed by atoms with van der Waals surface area (Å²) in [7, 11) is -7.17. The number of rotatable bonds is 6. The van der Waals surface area contributed by atoms with Gasteiger partial charge in [-0.15, -0.1) is 0 Å². The minimum atomic E-state index is -3.75. The maximum Gasteiger partial charge on any atom is 0.183 e. The van der Waals surface area contributed by atoms with Crippen molar-refractivity contribution in [2.45, 2.75) is 36.1 Å². The maximum absolute atomic E-state index is 13.0. The topological polar surface area (TPSA) is 93.2 Å². The van der Waals surface area contributed by atoms with Gasteiger partial charge in [-0.05, 0) is 36.2 Å². The molecule has 0 unspecified atom stereocenters. The molecule has 0 aliphatic carbocycles. The van der Waals surface area contributed by atoms with Crippen molar-refractivity contribution in [2.75, 3.05) is 11.5 Å². The van der Waals surface area contributed by atoms with Crippen LogP contribution >= 0.6 is 0 Å². The lowest BCUT2D eigenvalue weighted by Gasteiger charge is -2.20. The third-order valence-electron chi connectivity index (χ3n) is 4.63. The summed E-state index contributed by atoms with van der Waals surface area (Å²) >= 11 is 0. The molecule has 1 aromatic carbocycles. The van der Waals surface area contributed by atoms with Gasteiger partial charge in [-0.2, -0.15) is 0 Å². The van der Waals surface area contributed by atoms with Gasteiger partial charge in [0.15, 0.2) is 19.7 Å². The molecular weight excluding hydrogens is 372 g/mol. The van der Waals surface area contributed by atoms with Gasteiger partial charge in [-0.1, -0.05) is 25.1 Å². The van der Waals surface area contributed by atoms with E-state index in [1.165, 1.54) is 0 Å². The summed E-state index contributed by atoms with van der Waals surface area (Å²) in [6, 6.07) is 11.4. The molecule has 1 fully saturated rings. The Balaban J connectivity index is 1.84. The molecule has 0 radical (unpaired) electrons. The van der Waals surface area contributed by atoms with E-state index in [1.54, 1.807) is 36.5 Å². The number of hydrogen-bond donors (Lipinski definition) is 1. The van der Waals surface area contributed by atoms with Gasteiger partial charge < -0.3 is 5.32 Å². The summed E-state index contributed by atoms with van der Waals surface area (Å²) < 4.78 is 50.3. The number of sulfone groups is 2. The van der Waals surface area contributed by atoms with Gasteiger partial charge in [0.1, 0.15) is 0 Å². The maximum atomic E-state index is 13.0. The molecule has 26 heavy (non-hydrogen) atoms. The Bertz CT molecular complexity index is 956. The van der Waals surface area contributed by atoms with Crippen LogP contribution < -0.4 is 5.32 Å². The zero-order valence-corrected chi connectivity index (χ0v) is 16.1. The van der Waals surface area contributed by atoms with E-state index in [0.29, 0.717) is 6.54 Å². The summed E-state index contributed by atoms with van der Waals surface area (Å²) in [5.74, 6) is -0.540. The lowest BCUT2D eigenvalue weighted by molar-refractivity contribution is 0.523. The Kier molecular flexibility index (Phi) is 5.45. The summed E-state index contributed by atoms with van der Waals surface area (Å²) in [5.41, 5.74) is 1.77. The van der Waals surface area contributed by atoms with Crippen LogP contribution in [0.15, 0.2) is 53.6 Å². The molecule has 1 aromatic heterocycles. The van der Waals surface area contributed by atoms with E-state index in [-0.39, 0.29) is 16.4 Å². The Labute approximate surface area is 154 Å². The Hall–Kier alpha value is -1.77. The second-order valence-corrected chi connectivity index (χ2v) is 10.8. The van der Waals surface area contributed by atoms with Crippen molar-refractivity contribution in [3.8, 4) is 0 Å². The monoisotopic (exact) mass is 394 g/mol. The second kappa shape index (κ2) is 7.46.